The maximum absolute atomic E-state index is 11.9. The van der Waals surface area contributed by atoms with E-state index in [1.165, 1.54) is 180 Å². The van der Waals surface area contributed by atoms with Crippen LogP contribution in [-0.4, -0.2) is 28.2 Å². The molecule has 0 radical (unpaired) electrons. The maximum atomic E-state index is 11.9. The van der Waals surface area contributed by atoms with Gasteiger partial charge < -0.3 is 9.47 Å². The first kappa shape index (κ1) is 41.4. The van der Waals surface area contributed by atoms with Crippen LogP contribution in [0.3, 0.4) is 0 Å². The van der Waals surface area contributed by atoms with Crippen LogP contribution in [0.25, 0.3) is 0 Å². The highest BCUT2D eigenvalue weighted by Gasteiger charge is 2.05. The van der Waals surface area contributed by atoms with Gasteiger partial charge in [-0.2, -0.15) is 0 Å². The fourth-order valence-electron chi connectivity index (χ4n) is 6.11. The molecular formula is C39H75N3O3. The van der Waals surface area contributed by atoms with E-state index in [4.69, 9.17) is 9.47 Å². The molecular weight excluding hydrogens is 558 g/mol. The first-order valence-corrected chi connectivity index (χ1v) is 20.0. The molecule has 0 aliphatic carbocycles. The minimum absolute atomic E-state index is 0.127. The van der Waals surface area contributed by atoms with Gasteiger partial charge in [-0.25, -0.2) is 4.79 Å². The molecule has 0 fully saturated rings. The molecule has 6 nitrogen and oxygen atoms in total. The third-order valence-electron chi connectivity index (χ3n) is 9.07. The average Bonchev–Trinajstić information content (AvgIpc) is 3.03. The second-order valence-electron chi connectivity index (χ2n) is 13.5. The zero-order valence-electron chi connectivity index (χ0n) is 30.2. The van der Waals surface area contributed by atoms with Gasteiger partial charge in [-0.15, -0.1) is 9.97 Å². The predicted octanol–water partition coefficient (Wildman–Crippen LogP) is 12.4. The largest absolute Gasteiger partial charge is 0.465 e. The maximum Gasteiger partial charge on any atom is 0.353 e. The molecule has 0 aliphatic heterocycles. The molecule has 0 saturated heterocycles. The molecule has 0 bridgehead atoms. The zero-order valence-corrected chi connectivity index (χ0v) is 30.2. The second-order valence-corrected chi connectivity index (χ2v) is 13.5. The number of rotatable bonds is 36. The summed E-state index contributed by atoms with van der Waals surface area (Å²) in [7, 11) is 0. The third-order valence-corrected chi connectivity index (χ3v) is 9.07. The van der Waals surface area contributed by atoms with Gasteiger partial charge in [-0.05, 0) is 12.8 Å². The van der Waals surface area contributed by atoms with Crippen molar-refractivity contribution in [3.8, 4) is 12.0 Å². The summed E-state index contributed by atoms with van der Waals surface area (Å²) in [6.07, 6.45) is 43.0. The van der Waals surface area contributed by atoms with Crippen molar-refractivity contribution in [2.24, 2.45) is 0 Å². The van der Waals surface area contributed by atoms with E-state index < -0.39 is 5.69 Å². The van der Waals surface area contributed by atoms with Crippen LogP contribution < -0.4 is 15.2 Å². The van der Waals surface area contributed by atoms with E-state index in [1.54, 1.807) is 0 Å². The lowest BCUT2D eigenvalue weighted by Gasteiger charge is -2.07. The first-order chi connectivity index (χ1) is 22.3. The van der Waals surface area contributed by atoms with Crippen LogP contribution in [0.2, 0.25) is 0 Å². The van der Waals surface area contributed by atoms with Gasteiger partial charge in [0, 0.05) is 0 Å². The Bertz CT molecular complexity index is 726. The quantitative estimate of drug-likeness (QED) is 0.0744. The molecule has 0 aromatic carbocycles. The number of H-pyrrole nitrogens is 1. The molecule has 0 aliphatic rings. The lowest BCUT2D eigenvalue weighted by atomic mass is 10.0. The van der Waals surface area contributed by atoms with E-state index in [9.17, 15) is 4.79 Å². The summed E-state index contributed by atoms with van der Waals surface area (Å²) in [5.41, 5.74) is -0.464. The van der Waals surface area contributed by atoms with Gasteiger partial charge in [0.2, 0.25) is 0 Å². The summed E-state index contributed by atoms with van der Waals surface area (Å²) in [6, 6.07) is 0.347. The Morgan fingerprint density at radius 2 is 0.689 bits per heavy atom. The highest BCUT2D eigenvalue weighted by atomic mass is 16.5. The molecule has 1 rings (SSSR count). The van der Waals surface area contributed by atoms with Crippen molar-refractivity contribution in [3.63, 3.8) is 0 Å². The first-order valence-electron chi connectivity index (χ1n) is 20.0. The smallest absolute Gasteiger partial charge is 0.353 e. The van der Waals surface area contributed by atoms with Crippen LogP contribution in [0, 0.1) is 0 Å². The summed E-state index contributed by atoms with van der Waals surface area (Å²) in [5, 5.41) is 0. The van der Waals surface area contributed by atoms with Crippen LogP contribution in [0.4, 0.5) is 0 Å². The fourth-order valence-corrected chi connectivity index (χ4v) is 6.11. The molecule has 0 spiro atoms. The van der Waals surface area contributed by atoms with Crippen molar-refractivity contribution in [1.29, 1.82) is 0 Å². The average molecular weight is 634 g/mol. The molecule has 1 N–H and O–H groups in total. The number of unbranched alkanes of at least 4 members (excludes halogenated alkanes) is 30. The number of nitrogens with zero attached hydrogens (tertiary/aromatic N) is 2. The summed E-state index contributed by atoms with van der Waals surface area (Å²) >= 11 is 0. The predicted molar refractivity (Wildman–Crippen MR) is 193 cm³/mol. The molecule has 0 atom stereocenters. The van der Waals surface area contributed by atoms with Crippen molar-refractivity contribution in [1.82, 2.24) is 15.0 Å². The van der Waals surface area contributed by atoms with Crippen LogP contribution in [-0.2, 0) is 0 Å². The van der Waals surface area contributed by atoms with E-state index in [-0.39, 0.29) is 12.0 Å². The van der Waals surface area contributed by atoms with Gasteiger partial charge in [0.1, 0.15) is 0 Å². The highest BCUT2D eigenvalue weighted by Crippen LogP contribution is 2.16. The Kier molecular flexibility index (Phi) is 31.1. The molecule has 1 aromatic rings. The van der Waals surface area contributed by atoms with Gasteiger partial charge in [0.15, 0.2) is 0 Å². The van der Waals surface area contributed by atoms with Crippen LogP contribution in [0.1, 0.15) is 219 Å². The Balaban J connectivity index is 1.89. The molecule has 264 valence electrons. The van der Waals surface area contributed by atoms with E-state index in [0.717, 1.165) is 25.7 Å². The Hall–Kier alpha value is -1.59. The van der Waals surface area contributed by atoms with Crippen molar-refractivity contribution in [3.05, 3.63) is 10.5 Å². The number of nitrogens with one attached hydrogen (secondary N) is 1. The highest BCUT2D eigenvalue weighted by molar-refractivity contribution is 4.99. The van der Waals surface area contributed by atoms with Crippen molar-refractivity contribution in [2.45, 2.75) is 219 Å². The van der Waals surface area contributed by atoms with Crippen molar-refractivity contribution >= 4 is 0 Å². The molecule has 1 aromatic heterocycles. The van der Waals surface area contributed by atoms with E-state index in [0.29, 0.717) is 13.2 Å². The topological polar surface area (TPSA) is 77.1 Å². The molecule has 6 heteroatoms. The van der Waals surface area contributed by atoms with E-state index in [2.05, 4.69) is 28.8 Å². The van der Waals surface area contributed by atoms with Gasteiger partial charge in [0.05, 0.1) is 13.2 Å². The normalized spacial score (nSPS) is 11.3. The van der Waals surface area contributed by atoms with Crippen LogP contribution in [0.15, 0.2) is 4.79 Å². The number of hydrogen-bond donors (Lipinski definition) is 1. The number of aromatic amines is 1. The van der Waals surface area contributed by atoms with Gasteiger partial charge in [-0.1, -0.05) is 206 Å². The van der Waals surface area contributed by atoms with Crippen LogP contribution >= 0.6 is 0 Å². The minimum atomic E-state index is -0.464. The molecule has 0 amide bonds. The number of aromatic nitrogens is 3. The van der Waals surface area contributed by atoms with Gasteiger partial charge in [0.25, 0.3) is 0 Å². The zero-order chi connectivity index (χ0) is 32.3. The van der Waals surface area contributed by atoms with Gasteiger partial charge >= 0.3 is 17.7 Å². The van der Waals surface area contributed by atoms with Gasteiger partial charge in [-0.3, -0.25) is 4.98 Å². The summed E-state index contributed by atoms with van der Waals surface area (Å²) in [4.78, 5) is 22.6. The number of ether oxygens (including phenoxy) is 2. The van der Waals surface area contributed by atoms with Crippen molar-refractivity contribution in [2.75, 3.05) is 13.2 Å². The SMILES string of the molecule is CCCCCCCCCCCCCCCCCCOc1nc(OCCCCCCCCCCCCCCCCCC)[nH]c(=O)n1. The van der Waals surface area contributed by atoms with Crippen molar-refractivity contribution < 1.29 is 9.47 Å². The van der Waals surface area contributed by atoms with E-state index in [1.807, 2.05) is 0 Å². The standard InChI is InChI=1S/C39H75N3O3/c1-3-5-7-9-11-13-15-17-19-21-23-25-27-29-31-33-35-44-38-40-37(43)41-39(42-38)45-36-34-32-30-28-26-24-22-20-18-16-14-12-10-8-6-4-2/h3-36H2,1-2H3,(H,40,41,42,43). The second kappa shape index (κ2) is 33.8. The molecule has 0 unspecified atom stereocenters. The Morgan fingerprint density at radius 3 is 1.02 bits per heavy atom. The summed E-state index contributed by atoms with van der Waals surface area (Å²) in [6.45, 7) is 5.67. The lowest BCUT2D eigenvalue weighted by Crippen LogP contribution is -2.16. The van der Waals surface area contributed by atoms with E-state index >= 15 is 0 Å². The molecule has 1 heterocycles. The summed E-state index contributed by atoms with van der Waals surface area (Å²) in [5.74, 6) is 0. The Morgan fingerprint density at radius 1 is 0.400 bits per heavy atom. The summed E-state index contributed by atoms with van der Waals surface area (Å²) < 4.78 is 11.4. The molecule has 45 heavy (non-hydrogen) atoms. The minimum Gasteiger partial charge on any atom is -0.465 e. The lowest BCUT2D eigenvalue weighted by molar-refractivity contribution is 0.250. The van der Waals surface area contributed by atoms with Crippen LogP contribution in [0.5, 0.6) is 12.0 Å². The Labute approximate surface area is 279 Å². The molecule has 0 saturated carbocycles. The third kappa shape index (κ3) is 29.6. The fraction of sp³-hybridized carbons (Fsp3) is 0.923. The monoisotopic (exact) mass is 634 g/mol. The number of hydrogen-bond acceptors (Lipinski definition) is 5.